The van der Waals surface area contributed by atoms with Gasteiger partial charge in [-0.05, 0) is 19.9 Å². The molecule has 0 aromatic heterocycles. The number of esters is 1. The Labute approximate surface area is 99.1 Å². The maximum atomic E-state index is 11.6. The number of ether oxygens (including phenoxy) is 1. The second-order valence-corrected chi connectivity index (χ2v) is 4.52. The van der Waals surface area contributed by atoms with Gasteiger partial charge in [-0.25, -0.2) is 0 Å². The van der Waals surface area contributed by atoms with Gasteiger partial charge in [-0.2, -0.15) is 0 Å². The molecule has 0 aromatic carbocycles. The summed E-state index contributed by atoms with van der Waals surface area (Å²) in [5, 5.41) is 6.52. The predicted molar refractivity (Wildman–Crippen MR) is 66.4 cm³/mol. The van der Waals surface area contributed by atoms with Gasteiger partial charge in [0, 0.05) is 12.1 Å². The molecule has 0 rings (SSSR count). The van der Waals surface area contributed by atoms with E-state index < -0.39 is 0 Å². The first-order chi connectivity index (χ1) is 7.47. The quantitative estimate of drug-likeness (QED) is 0.617. The maximum Gasteiger partial charge on any atom is 0.323 e. The molecule has 0 saturated heterocycles. The first kappa shape index (κ1) is 15.4. The minimum absolute atomic E-state index is 0.151. The molecule has 4 nitrogen and oxygen atoms in total. The first-order valence-corrected chi connectivity index (χ1v) is 6.13. The highest BCUT2D eigenvalue weighted by molar-refractivity contribution is 5.75. The summed E-state index contributed by atoms with van der Waals surface area (Å²) in [6, 6.07) is 0.529. The third-order valence-electron chi connectivity index (χ3n) is 2.09. The Kier molecular flexibility index (Phi) is 8.21. The molecule has 16 heavy (non-hydrogen) atoms. The summed E-state index contributed by atoms with van der Waals surface area (Å²) in [7, 11) is 0. The van der Waals surface area contributed by atoms with Crippen LogP contribution in [0.1, 0.15) is 41.0 Å². The van der Waals surface area contributed by atoms with Gasteiger partial charge in [0.05, 0.1) is 6.61 Å². The van der Waals surface area contributed by atoms with E-state index in [0.717, 1.165) is 13.0 Å². The Bertz CT molecular complexity index is 193. The first-order valence-electron chi connectivity index (χ1n) is 6.13. The van der Waals surface area contributed by atoms with Crippen LogP contribution in [-0.2, 0) is 9.53 Å². The van der Waals surface area contributed by atoms with Crippen LogP contribution in [-0.4, -0.2) is 37.2 Å². The molecule has 0 heterocycles. The molecule has 1 atom stereocenters. The molecule has 0 saturated carbocycles. The van der Waals surface area contributed by atoms with Crippen LogP contribution in [0.25, 0.3) is 0 Å². The van der Waals surface area contributed by atoms with Crippen molar-refractivity contribution in [1.29, 1.82) is 0 Å². The molecule has 1 unspecified atom stereocenters. The highest BCUT2D eigenvalue weighted by atomic mass is 16.5. The molecule has 4 heteroatoms. The normalized spacial score (nSPS) is 13.2. The van der Waals surface area contributed by atoms with Gasteiger partial charge in [0.25, 0.3) is 0 Å². The van der Waals surface area contributed by atoms with Gasteiger partial charge in [-0.3, -0.25) is 4.79 Å². The Morgan fingerprint density at radius 3 is 2.25 bits per heavy atom. The summed E-state index contributed by atoms with van der Waals surface area (Å²) < 4.78 is 5.03. The third kappa shape index (κ3) is 7.65. The number of hydrogen-bond acceptors (Lipinski definition) is 4. The molecule has 0 spiro atoms. The summed E-state index contributed by atoms with van der Waals surface area (Å²) in [5.41, 5.74) is 0. The third-order valence-corrected chi connectivity index (χ3v) is 2.09. The fraction of sp³-hybridized carbons (Fsp3) is 0.917. The zero-order valence-corrected chi connectivity index (χ0v) is 11.2. The largest absolute Gasteiger partial charge is 0.465 e. The average Bonchev–Trinajstić information content (AvgIpc) is 2.15. The van der Waals surface area contributed by atoms with E-state index in [1.807, 2.05) is 20.8 Å². The van der Waals surface area contributed by atoms with Gasteiger partial charge in [-0.15, -0.1) is 0 Å². The molecule has 0 aliphatic carbocycles. The van der Waals surface area contributed by atoms with Crippen molar-refractivity contribution in [1.82, 2.24) is 10.6 Å². The number of nitrogens with one attached hydrogen (secondary N) is 2. The molecule has 0 aliphatic rings. The fourth-order valence-electron chi connectivity index (χ4n) is 1.43. The van der Waals surface area contributed by atoms with Crippen LogP contribution < -0.4 is 10.6 Å². The van der Waals surface area contributed by atoms with E-state index in [0.29, 0.717) is 12.6 Å². The van der Waals surface area contributed by atoms with Crippen LogP contribution in [0.3, 0.4) is 0 Å². The van der Waals surface area contributed by atoms with Crippen LogP contribution in [0.2, 0.25) is 0 Å². The average molecular weight is 230 g/mol. The van der Waals surface area contributed by atoms with E-state index in [4.69, 9.17) is 4.74 Å². The lowest BCUT2D eigenvalue weighted by atomic mass is 10.1. The number of hydrogen-bond donors (Lipinski definition) is 2. The number of rotatable bonds is 8. The lowest BCUT2D eigenvalue weighted by molar-refractivity contribution is -0.146. The number of carbonyl (C=O) groups excluding carboxylic acids is 1. The second kappa shape index (κ2) is 8.53. The van der Waals surface area contributed by atoms with Crippen molar-refractivity contribution in [2.45, 2.75) is 59.2 Å². The van der Waals surface area contributed by atoms with E-state index in [1.54, 1.807) is 0 Å². The lowest BCUT2D eigenvalue weighted by Gasteiger charge is -2.20. The highest BCUT2D eigenvalue weighted by Crippen LogP contribution is 1.98. The smallest absolute Gasteiger partial charge is 0.323 e. The summed E-state index contributed by atoms with van der Waals surface area (Å²) in [6.07, 6.45) is 0.759. The Morgan fingerprint density at radius 1 is 1.19 bits per heavy atom. The Balaban J connectivity index is 4.04. The van der Waals surface area contributed by atoms with Crippen molar-refractivity contribution in [2.75, 3.05) is 13.2 Å². The van der Waals surface area contributed by atoms with Gasteiger partial charge in [-0.1, -0.05) is 27.7 Å². The molecule has 0 amide bonds. The topological polar surface area (TPSA) is 50.4 Å². The van der Waals surface area contributed by atoms with Crippen LogP contribution in [0, 0.1) is 0 Å². The van der Waals surface area contributed by atoms with Gasteiger partial charge in [0.1, 0.15) is 6.04 Å². The zero-order chi connectivity index (χ0) is 12.6. The van der Waals surface area contributed by atoms with E-state index in [1.165, 1.54) is 0 Å². The van der Waals surface area contributed by atoms with E-state index in [-0.39, 0.29) is 18.1 Å². The SMILES string of the molecule is CCOC(=O)C(CCNC(C)C)NC(C)C. The lowest BCUT2D eigenvalue weighted by Crippen LogP contribution is -2.44. The van der Waals surface area contributed by atoms with Crippen molar-refractivity contribution < 1.29 is 9.53 Å². The highest BCUT2D eigenvalue weighted by Gasteiger charge is 2.19. The molecule has 96 valence electrons. The summed E-state index contributed by atoms with van der Waals surface area (Å²) in [4.78, 5) is 11.6. The van der Waals surface area contributed by atoms with Crippen LogP contribution in [0.15, 0.2) is 0 Å². The van der Waals surface area contributed by atoms with Crippen LogP contribution in [0.4, 0.5) is 0 Å². The second-order valence-electron chi connectivity index (χ2n) is 4.52. The molecule has 2 N–H and O–H groups in total. The van der Waals surface area contributed by atoms with Gasteiger partial charge in [0.2, 0.25) is 0 Å². The minimum Gasteiger partial charge on any atom is -0.465 e. The maximum absolute atomic E-state index is 11.6. The minimum atomic E-state index is -0.203. The van der Waals surface area contributed by atoms with Crippen molar-refractivity contribution in [3.8, 4) is 0 Å². The van der Waals surface area contributed by atoms with Gasteiger partial charge >= 0.3 is 5.97 Å². The van der Waals surface area contributed by atoms with Gasteiger partial charge in [0.15, 0.2) is 0 Å². The zero-order valence-electron chi connectivity index (χ0n) is 11.2. The van der Waals surface area contributed by atoms with E-state index >= 15 is 0 Å². The summed E-state index contributed by atoms with van der Waals surface area (Å²) in [5.74, 6) is -0.151. The number of carbonyl (C=O) groups is 1. The van der Waals surface area contributed by atoms with Gasteiger partial charge < -0.3 is 15.4 Å². The molecule has 0 aromatic rings. The van der Waals surface area contributed by atoms with Crippen molar-refractivity contribution in [2.24, 2.45) is 0 Å². The van der Waals surface area contributed by atoms with E-state index in [2.05, 4.69) is 24.5 Å². The predicted octanol–water partition coefficient (Wildman–Crippen LogP) is 1.30. The molecule has 0 aliphatic heterocycles. The molecular formula is C12H26N2O2. The molecular weight excluding hydrogens is 204 g/mol. The fourth-order valence-corrected chi connectivity index (χ4v) is 1.43. The summed E-state index contributed by atoms with van der Waals surface area (Å²) in [6.45, 7) is 11.3. The van der Waals surface area contributed by atoms with Crippen LogP contribution >= 0.6 is 0 Å². The molecule has 0 radical (unpaired) electrons. The molecule has 0 bridgehead atoms. The summed E-state index contributed by atoms with van der Waals surface area (Å²) >= 11 is 0. The van der Waals surface area contributed by atoms with Crippen molar-refractivity contribution >= 4 is 5.97 Å². The Morgan fingerprint density at radius 2 is 1.81 bits per heavy atom. The van der Waals surface area contributed by atoms with E-state index in [9.17, 15) is 4.79 Å². The van der Waals surface area contributed by atoms with Crippen molar-refractivity contribution in [3.63, 3.8) is 0 Å². The molecule has 0 fully saturated rings. The monoisotopic (exact) mass is 230 g/mol. The van der Waals surface area contributed by atoms with Crippen LogP contribution in [0.5, 0.6) is 0 Å². The Hall–Kier alpha value is -0.610. The van der Waals surface area contributed by atoms with Crippen molar-refractivity contribution in [3.05, 3.63) is 0 Å². The standard InChI is InChI=1S/C12H26N2O2/c1-6-16-12(15)11(14-10(4)5)7-8-13-9(2)3/h9-11,13-14H,6-8H2,1-5H3.